The van der Waals surface area contributed by atoms with Crippen LogP contribution in [0.2, 0.25) is 0 Å². The van der Waals surface area contributed by atoms with Crippen molar-refractivity contribution >= 4 is 5.97 Å². The molecule has 1 rings (SSSR count). The van der Waals surface area contributed by atoms with E-state index in [0.29, 0.717) is 17.7 Å². The van der Waals surface area contributed by atoms with Gasteiger partial charge >= 0.3 is 5.97 Å². The van der Waals surface area contributed by atoms with Crippen LogP contribution in [0.1, 0.15) is 40.9 Å². The van der Waals surface area contributed by atoms with Crippen LogP contribution in [0.3, 0.4) is 0 Å². The number of ether oxygens (including phenoxy) is 1. The molecule has 0 bridgehead atoms. The third-order valence-electron chi connectivity index (χ3n) is 2.57. The molecule has 3 nitrogen and oxygen atoms in total. The van der Waals surface area contributed by atoms with Crippen molar-refractivity contribution in [2.24, 2.45) is 0 Å². The topological polar surface area (TPSA) is 50.1 Å². The van der Waals surface area contributed by atoms with Gasteiger partial charge in [-0.1, -0.05) is 6.92 Å². The molecule has 0 heterocycles. The number of nitriles is 1. The van der Waals surface area contributed by atoms with E-state index in [2.05, 4.69) is 6.07 Å². The van der Waals surface area contributed by atoms with Gasteiger partial charge in [0.05, 0.1) is 23.8 Å². The number of rotatable bonds is 3. The zero-order valence-corrected chi connectivity index (χ0v) is 9.83. The molecule has 0 aliphatic heterocycles. The molecule has 0 amide bonds. The summed E-state index contributed by atoms with van der Waals surface area (Å²) in [4.78, 5) is 11.7. The van der Waals surface area contributed by atoms with Crippen molar-refractivity contribution in [1.82, 2.24) is 0 Å². The van der Waals surface area contributed by atoms with Gasteiger partial charge in [-0.05, 0) is 43.5 Å². The number of carbonyl (C=O) groups excluding carboxylic acids is 1. The molecule has 0 saturated heterocycles. The second kappa shape index (κ2) is 5.32. The Kier molecular flexibility index (Phi) is 4.07. The lowest BCUT2D eigenvalue weighted by Gasteiger charge is -2.11. The molecule has 16 heavy (non-hydrogen) atoms. The highest BCUT2D eigenvalue weighted by Crippen LogP contribution is 2.19. The minimum Gasteiger partial charge on any atom is -0.462 e. The fourth-order valence-electron chi connectivity index (χ4n) is 1.73. The molecular weight excluding hydrogens is 202 g/mol. The van der Waals surface area contributed by atoms with Crippen LogP contribution in [0.4, 0.5) is 0 Å². The van der Waals surface area contributed by atoms with E-state index in [1.807, 2.05) is 13.8 Å². The Labute approximate surface area is 95.7 Å². The van der Waals surface area contributed by atoms with Crippen molar-refractivity contribution < 1.29 is 9.53 Å². The molecule has 0 atom stereocenters. The summed E-state index contributed by atoms with van der Waals surface area (Å²) in [6.07, 6.45) is 0.718. The Bertz CT molecular complexity index is 444. The largest absolute Gasteiger partial charge is 0.462 e. The standard InChI is InChI=1S/C13H15NO2/c1-4-11-9(3)10(8-14)6-7-12(11)13(15)16-5-2/h6-7H,4-5H2,1-3H3. The Balaban J connectivity index is 3.27. The van der Waals surface area contributed by atoms with E-state index >= 15 is 0 Å². The molecule has 0 aromatic heterocycles. The Morgan fingerprint density at radius 3 is 2.62 bits per heavy atom. The number of carbonyl (C=O) groups is 1. The fraction of sp³-hybridized carbons (Fsp3) is 0.385. The summed E-state index contributed by atoms with van der Waals surface area (Å²) >= 11 is 0. The van der Waals surface area contributed by atoms with Crippen LogP contribution in [0.15, 0.2) is 12.1 Å². The lowest BCUT2D eigenvalue weighted by molar-refractivity contribution is 0.0525. The molecule has 84 valence electrons. The fourth-order valence-corrected chi connectivity index (χ4v) is 1.73. The minimum atomic E-state index is -0.313. The van der Waals surface area contributed by atoms with Crippen LogP contribution in [-0.2, 0) is 11.2 Å². The van der Waals surface area contributed by atoms with Crippen LogP contribution in [0, 0.1) is 18.3 Å². The summed E-state index contributed by atoms with van der Waals surface area (Å²) in [5, 5.41) is 8.91. The summed E-state index contributed by atoms with van der Waals surface area (Å²) in [6, 6.07) is 5.45. The quantitative estimate of drug-likeness (QED) is 0.731. The molecule has 0 radical (unpaired) electrons. The van der Waals surface area contributed by atoms with Crippen LogP contribution in [0.25, 0.3) is 0 Å². The second-order valence-electron chi connectivity index (χ2n) is 3.45. The first-order valence-electron chi connectivity index (χ1n) is 5.35. The normalized spacial score (nSPS) is 9.62. The molecule has 0 saturated carbocycles. The number of hydrogen-bond donors (Lipinski definition) is 0. The van der Waals surface area contributed by atoms with Gasteiger partial charge in [0.25, 0.3) is 0 Å². The molecule has 0 N–H and O–H groups in total. The van der Waals surface area contributed by atoms with E-state index in [-0.39, 0.29) is 5.97 Å². The van der Waals surface area contributed by atoms with Gasteiger partial charge < -0.3 is 4.74 Å². The molecule has 1 aromatic carbocycles. The lowest BCUT2D eigenvalue weighted by atomic mass is 9.95. The van der Waals surface area contributed by atoms with E-state index < -0.39 is 0 Å². The maximum absolute atomic E-state index is 11.7. The highest BCUT2D eigenvalue weighted by atomic mass is 16.5. The first-order valence-corrected chi connectivity index (χ1v) is 5.35. The number of benzene rings is 1. The molecule has 3 heteroatoms. The first kappa shape index (κ1) is 12.3. The van der Waals surface area contributed by atoms with Gasteiger partial charge in [0.1, 0.15) is 0 Å². The van der Waals surface area contributed by atoms with Crippen LogP contribution >= 0.6 is 0 Å². The van der Waals surface area contributed by atoms with Gasteiger partial charge in [-0.25, -0.2) is 4.79 Å². The average molecular weight is 217 g/mol. The zero-order valence-electron chi connectivity index (χ0n) is 9.83. The third kappa shape index (κ3) is 2.22. The van der Waals surface area contributed by atoms with Gasteiger partial charge in [0.2, 0.25) is 0 Å². The predicted octanol–water partition coefficient (Wildman–Crippen LogP) is 2.61. The Morgan fingerprint density at radius 1 is 1.44 bits per heavy atom. The monoisotopic (exact) mass is 217 g/mol. The maximum atomic E-state index is 11.7. The van der Waals surface area contributed by atoms with Gasteiger partial charge in [-0.15, -0.1) is 0 Å². The number of nitrogens with zero attached hydrogens (tertiary/aromatic N) is 1. The highest BCUT2D eigenvalue weighted by Gasteiger charge is 2.15. The van der Waals surface area contributed by atoms with Gasteiger partial charge in [0, 0.05) is 0 Å². The van der Waals surface area contributed by atoms with Crippen molar-refractivity contribution in [3.63, 3.8) is 0 Å². The lowest BCUT2D eigenvalue weighted by Crippen LogP contribution is -2.09. The van der Waals surface area contributed by atoms with Gasteiger partial charge in [-0.2, -0.15) is 5.26 Å². The second-order valence-corrected chi connectivity index (χ2v) is 3.45. The SMILES string of the molecule is CCOC(=O)c1ccc(C#N)c(C)c1CC. The van der Waals surface area contributed by atoms with E-state index in [9.17, 15) is 4.79 Å². The van der Waals surface area contributed by atoms with E-state index in [1.54, 1.807) is 19.1 Å². The van der Waals surface area contributed by atoms with Gasteiger partial charge in [0.15, 0.2) is 0 Å². The summed E-state index contributed by atoms with van der Waals surface area (Å²) in [5.41, 5.74) is 2.96. The molecule has 1 aromatic rings. The van der Waals surface area contributed by atoms with Crippen molar-refractivity contribution in [3.05, 3.63) is 34.4 Å². The van der Waals surface area contributed by atoms with Crippen molar-refractivity contribution in [3.8, 4) is 6.07 Å². The maximum Gasteiger partial charge on any atom is 0.338 e. The molecule has 0 fully saturated rings. The summed E-state index contributed by atoms with van der Waals surface area (Å²) < 4.78 is 4.98. The van der Waals surface area contributed by atoms with E-state index in [1.165, 1.54) is 0 Å². The number of hydrogen-bond acceptors (Lipinski definition) is 3. The summed E-state index contributed by atoms with van der Waals surface area (Å²) in [5.74, 6) is -0.313. The first-order chi connectivity index (χ1) is 7.65. The minimum absolute atomic E-state index is 0.313. The van der Waals surface area contributed by atoms with Crippen molar-refractivity contribution in [1.29, 1.82) is 5.26 Å². The Morgan fingerprint density at radius 2 is 2.12 bits per heavy atom. The van der Waals surface area contributed by atoms with E-state index in [4.69, 9.17) is 10.00 Å². The molecule has 0 aliphatic carbocycles. The van der Waals surface area contributed by atoms with E-state index in [0.717, 1.165) is 17.5 Å². The third-order valence-corrected chi connectivity index (χ3v) is 2.57. The average Bonchev–Trinajstić information content (AvgIpc) is 2.28. The highest BCUT2D eigenvalue weighted by molar-refractivity contribution is 5.91. The Hall–Kier alpha value is -1.82. The molecular formula is C13H15NO2. The number of esters is 1. The van der Waals surface area contributed by atoms with Gasteiger partial charge in [-0.3, -0.25) is 0 Å². The van der Waals surface area contributed by atoms with Crippen molar-refractivity contribution in [2.45, 2.75) is 27.2 Å². The van der Waals surface area contributed by atoms with Crippen molar-refractivity contribution in [2.75, 3.05) is 6.61 Å². The smallest absolute Gasteiger partial charge is 0.338 e. The van der Waals surface area contributed by atoms with Crippen LogP contribution in [0.5, 0.6) is 0 Å². The molecule has 0 unspecified atom stereocenters. The zero-order chi connectivity index (χ0) is 12.1. The summed E-state index contributed by atoms with van der Waals surface area (Å²) in [7, 11) is 0. The summed E-state index contributed by atoms with van der Waals surface area (Å²) in [6.45, 7) is 5.97. The molecule has 0 spiro atoms. The predicted molar refractivity (Wildman–Crippen MR) is 61.2 cm³/mol. The van der Waals surface area contributed by atoms with Crippen LogP contribution in [-0.4, -0.2) is 12.6 Å². The van der Waals surface area contributed by atoms with Crippen LogP contribution < -0.4 is 0 Å². The molecule has 0 aliphatic rings.